The van der Waals surface area contributed by atoms with Crippen molar-refractivity contribution in [2.75, 3.05) is 6.61 Å². The molecule has 2 aromatic carbocycles. The lowest BCUT2D eigenvalue weighted by molar-refractivity contribution is -0.113. The molecule has 2 aromatic rings. The molecule has 0 radical (unpaired) electrons. The van der Waals surface area contributed by atoms with Gasteiger partial charge in [-0.25, -0.2) is 0 Å². The molecule has 0 fully saturated rings. The van der Waals surface area contributed by atoms with Crippen LogP contribution in [0.3, 0.4) is 0 Å². The van der Waals surface area contributed by atoms with E-state index >= 15 is 0 Å². The maximum atomic E-state index is 10.2. The molecule has 0 aliphatic rings. The molecule has 2 rings (SSSR count). The molecule has 0 amide bonds. The Bertz CT molecular complexity index is 830. The molecule has 0 spiro atoms. The fraction of sp³-hybridized carbons (Fsp3) is 0.500. The lowest BCUT2D eigenvalue weighted by Gasteiger charge is -2.40. The number of aliphatic hydroxyl groups excluding tert-OH is 1. The van der Waals surface area contributed by atoms with Crippen LogP contribution in [0.1, 0.15) is 45.2 Å². The summed E-state index contributed by atoms with van der Waals surface area (Å²) in [6.45, 7) is 18.1. The minimum absolute atomic E-state index is 0.0846. The fourth-order valence-corrected chi connectivity index (χ4v) is 4.62. The van der Waals surface area contributed by atoms with Gasteiger partial charge in [0.1, 0.15) is 6.10 Å². The Balaban J connectivity index is 2.19. The molecule has 4 nitrogen and oxygen atoms in total. The maximum absolute atomic E-state index is 10.2. The van der Waals surface area contributed by atoms with Gasteiger partial charge < -0.3 is 19.0 Å². The number of rotatable bonds is 13. The number of hydrogen-bond acceptors (Lipinski definition) is 4. The Hall–Kier alpha value is -1.76. The second kappa shape index (κ2) is 12.6. The first-order valence-corrected chi connectivity index (χ1v) is 14.7. The molecule has 0 saturated heterocycles. The van der Waals surface area contributed by atoms with Gasteiger partial charge in [-0.2, -0.15) is 0 Å². The molecule has 0 aliphatic carbocycles. The van der Waals surface area contributed by atoms with Gasteiger partial charge in [0, 0.05) is 6.42 Å². The third-order valence-electron chi connectivity index (χ3n) is 6.45. The topological polar surface area (TPSA) is 47.9 Å². The van der Waals surface area contributed by atoms with Crippen LogP contribution >= 0.6 is 0 Å². The van der Waals surface area contributed by atoms with Crippen molar-refractivity contribution in [1.82, 2.24) is 0 Å². The quantitative estimate of drug-likeness (QED) is 0.268. The molecule has 5 heteroatoms. The minimum atomic E-state index is -2.02. The molecule has 182 valence electrons. The van der Waals surface area contributed by atoms with E-state index in [2.05, 4.69) is 40.4 Å². The molecule has 0 bridgehead atoms. The second-order valence-corrected chi connectivity index (χ2v) is 15.1. The normalized spacial score (nSPS) is 15.1. The predicted molar refractivity (Wildman–Crippen MR) is 139 cm³/mol. The standard InChI is InChI=1S/C28H42O4Si/c1-22(2)25(32-33(6,7)28(3,4)5)18-26(30-20-23-14-10-8-11-15-23)27(19-29)31-21-24-16-12-9-13-17-24/h8-17,25-27,29H,1,18-21H2,2-7H3/t25?,26-,27-/m0/s1. The van der Waals surface area contributed by atoms with Gasteiger partial charge in [-0.3, -0.25) is 0 Å². The Labute approximate surface area is 201 Å². The summed E-state index contributed by atoms with van der Waals surface area (Å²) in [6.07, 6.45) is -0.403. The highest BCUT2D eigenvalue weighted by atomic mass is 28.4. The molecular weight excluding hydrogens is 428 g/mol. The summed E-state index contributed by atoms with van der Waals surface area (Å²) in [5, 5.41) is 10.3. The van der Waals surface area contributed by atoms with Gasteiger partial charge in [-0.1, -0.05) is 93.6 Å². The van der Waals surface area contributed by atoms with Crippen LogP contribution in [0.15, 0.2) is 72.8 Å². The summed E-state index contributed by atoms with van der Waals surface area (Å²) < 4.78 is 19.2. The van der Waals surface area contributed by atoms with E-state index in [1.807, 2.05) is 67.6 Å². The first-order valence-electron chi connectivity index (χ1n) is 11.8. The van der Waals surface area contributed by atoms with Crippen molar-refractivity contribution in [2.45, 2.75) is 83.8 Å². The van der Waals surface area contributed by atoms with Gasteiger partial charge >= 0.3 is 0 Å². The fourth-order valence-electron chi connectivity index (χ4n) is 3.25. The zero-order valence-electron chi connectivity index (χ0n) is 21.2. The van der Waals surface area contributed by atoms with Crippen LogP contribution in [-0.2, 0) is 27.1 Å². The Kier molecular flexibility index (Phi) is 10.5. The molecule has 0 aliphatic heterocycles. The number of ether oxygens (including phenoxy) is 2. The van der Waals surface area contributed by atoms with Crippen LogP contribution in [0.5, 0.6) is 0 Å². The SMILES string of the molecule is C=C(C)C(C[C@H](OCc1ccccc1)[C@H](CO)OCc1ccccc1)O[Si](C)(C)C(C)(C)C. The Morgan fingerprint density at radius 2 is 1.33 bits per heavy atom. The van der Waals surface area contributed by atoms with Crippen molar-refractivity contribution in [1.29, 1.82) is 0 Å². The minimum Gasteiger partial charge on any atom is -0.410 e. The summed E-state index contributed by atoms with van der Waals surface area (Å²) in [5.41, 5.74) is 3.11. The van der Waals surface area contributed by atoms with E-state index in [0.29, 0.717) is 19.6 Å². The molecule has 0 saturated carbocycles. The molecule has 3 atom stereocenters. The van der Waals surface area contributed by atoms with E-state index in [1.54, 1.807) is 0 Å². The van der Waals surface area contributed by atoms with Gasteiger partial charge in [0.2, 0.25) is 0 Å². The maximum Gasteiger partial charge on any atom is 0.192 e. The van der Waals surface area contributed by atoms with E-state index in [9.17, 15) is 5.11 Å². The van der Waals surface area contributed by atoms with Crippen LogP contribution in [0.2, 0.25) is 18.1 Å². The molecule has 0 heterocycles. The second-order valence-electron chi connectivity index (χ2n) is 10.3. The third-order valence-corrected chi connectivity index (χ3v) is 10.9. The van der Waals surface area contributed by atoms with Gasteiger partial charge in [-0.05, 0) is 36.2 Å². The summed E-state index contributed by atoms with van der Waals surface area (Å²) in [7, 11) is -2.02. The highest BCUT2D eigenvalue weighted by Crippen LogP contribution is 2.38. The van der Waals surface area contributed by atoms with Gasteiger partial charge in [-0.15, -0.1) is 0 Å². The number of benzene rings is 2. The Morgan fingerprint density at radius 3 is 1.73 bits per heavy atom. The summed E-state index contributed by atoms with van der Waals surface area (Å²) in [5.74, 6) is 0. The van der Waals surface area contributed by atoms with E-state index in [4.69, 9.17) is 13.9 Å². The monoisotopic (exact) mass is 470 g/mol. The summed E-state index contributed by atoms with van der Waals surface area (Å²) >= 11 is 0. The van der Waals surface area contributed by atoms with Crippen LogP contribution in [0, 0.1) is 0 Å². The molecule has 1 unspecified atom stereocenters. The van der Waals surface area contributed by atoms with Crippen molar-refractivity contribution in [3.05, 3.63) is 83.9 Å². The van der Waals surface area contributed by atoms with Crippen molar-refractivity contribution in [3.63, 3.8) is 0 Å². The molecule has 1 N–H and O–H groups in total. The summed E-state index contributed by atoms with van der Waals surface area (Å²) in [4.78, 5) is 0. The lowest BCUT2D eigenvalue weighted by atomic mass is 10.0. The van der Waals surface area contributed by atoms with Crippen LogP contribution < -0.4 is 0 Å². The van der Waals surface area contributed by atoms with Crippen LogP contribution in [0.25, 0.3) is 0 Å². The number of aliphatic hydroxyl groups is 1. The highest BCUT2D eigenvalue weighted by molar-refractivity contribution is 6.74. The van der Waals surface area contributed by atoms with Gasteiger partial charge in [0.25, 0.3) is 0 Å². The van der Waals surface area contributed by atoms with Gasteiger partial charge in [0.05, 0.1) is 32.0 Å². The largest absolute Gasteiger partial charge is 0.410 e. The van der Waals surface area contributed by atoms with E-state index in [1.165, 1.54) is 0 Å². The van der Waals surface area contributed by atoms with Crippen molar-refractivity contribution >= 4 is 8.32 Å². The van der Waals surface area contributed by atoms with Crippen molar-refractivity contribution in [2.24, 2.45) is 0 Å². The van der Waals surface area contributed by atoms with Crippen molar-refractivity contribution < 1.29 is 19.0 Å². The van der Waals surface area contributed by atoms with E-state index in [0.717, 1.165) is 16.7 Å². The number of hydrogen-bond donors (Lipinski definition) is 1. The van der Waals surface area contributed by atoms with Crippen LogP contribution in [-0.4, -0.2) is 38.3 Å². The lowest BCUT2D eigenvalue weighted by Crippen LogP contribution is -2.46. The third kappa shape index (κ3) is 8.84. The molecule has 33 heavy (non-hydrogen) atoms. The van der Waals surface area contributed by atoms with Crippen molar-refractivity contribution in [3.8, 4) is 0 Å². The average molecular weight is 471 g/mol. The smallest absolute Gasteiger partial charge is 0.192 e. The molecule has 0 aromatic heterocycles. The average Bonchev–Trinajstić information content (AvgIpc) is 2.77. The Morgan fingerprint density at radius 1 is 0.879 bits per heavy atom. The van der Waals surface area contributed by atoms with Crippen LogP contribution in [0.4, 0.5) is 0 Å². The predicted octanol–water partition coefficient (Wildman–Crippen LogP) is 6.51. The van der Waals surface area contributed by atoms with Gasteiger partial charge in [0.15, 0.2) is 8.32 Å². The zero-order chi connectivity index (χ0) is 24.5. The van der Waals surface area contributed by atoms with E-state index < -0.39 is 14.4 Å². The summed E-state index contributed by atoms with van der Waals surface area (Å²) in [6, 6.07) is 20.1. The first kappa shape index (κ1) is 27.5. The van der Waals surface area contributed by atoms with E-state index in [-0.39, 0.29) is 23.9 Å². The zero-order valence-corrected chi connectivity index (χ0v) is 22.2. The highest BCUT2D eigenvalue weighted by Gasteiger charge is 2.40. The molecular formula is C28H42O4Si. The first-order chi connectivity index (χ1) is 15.5.